The van der Waals surface area contributed by atoms with Crippen molar-refractivity contribution < 1.29 is 24.4 Å². The number of rotatable bonds is 6. The number of ether oxygens (including phenoxy) is 1. The summed E-state index contributed by atoms with van der Waals surface area (Å²) >= 11 is 0. The SMILES string of the molecule is O=C(COc1cccc([N+](=O)[O-])c1)NC1(C(=O)O)CCC1. The van der Waals surface area contributed by atoms with Gasteiger partial charge in [0.1, 0.15) is 11.3 Å². The molecule has 1 fully saturated rings. The van der Waals surface area contributed by atoms with Crippen LogP contribution in [0.15, 0.2) is 24.3 Å². The van der Waals surface area contributed by atoms with Crippen molar-refractivity contribution in [2.75, 3.05) is 6.61 Å². The first-order valence-electron chi connectivity index (χ1n) is 6.35. The van der Waals surface area contributed by atoms with Gasteiger partial charge in [-0.05, 0) is 25.3 Å². The number of aliphatic carboxylic acids is 1. The number of carbonyl (C=O) groups is 2. The summed E-state index contributed by atoms with van der Waals surface area (Å²) in [6, 6.07) is 5.43. The highest BCUT2D eigenvalue weighted by molar-refractivity contribution is 5.88. The number of amides is 1. The second-order valence-electron chi connectivity index (χ2n) is 4.83. The fourth-order valence-corrected chi connectivity index (χ4v) is 2.06. The predicted molar refractivity (Wildman–Crippen MR) is 71.0 cm³/mol. The summed E-state index contributed by atoms with van der Waals surface area (Å²) in [4.78, 5) is 32.9. The maximum atomic E-state index is 11.7. The summed E-state index contributed by atoms with van der Waals surface area (Å²) in [5, 5.41) is 22.1. The zero-order valence-electron chi connectivity index (χ0n) is 11.1. The van der Waals surface area contributed by atoms with Crippen LogP contribution in [0.4, 0.5) is 5.69 Å². The van der Waals surface area contributed by atoms with Gasteiger partial charge in [0.05, 0.1) is 11.0 Å². The van der Waals surface area contributed by atoms with Gasteiger partial charge in [-0.1, -0.05) is 6.07 Å². The van der Waals surface area contributed by atoms with Gasteiger partial charge in [0, 0.05) is 6.07 Å². The molecule has 0 bridgehead atoms. The molecule has 21 heavy (non-hydrogen) atoms. The van der Waals surface area contributed by atoms with Crippen molar-refractivity contribution in [3.63, 3.8) is 0 Å². The van der Waals surface area contributed by atoms with Gasteiger partial charge in [-0.15, -0.1) is 0 Å². The summed E-state index contributed by atoms with van der Waals surface area (Å²) in [7, 11) is 0. The normalized spacial score (nSPS) is 15.6. The van der Waals surface area contributed by atoms with Gasteiger partial charge >= 0.3 is 5.97 Å². The number of non-ortho nitro benzene ring substituents is 1. The largest absolute Gasteiger partial charge is 0.484 e. The Labute approximate surface area is 119 Å². The Kier molecular flexibility index (Phi) is 4.06. The standard InChI is InChI=1S/C13H14N2O6/c16-11(14-13(12(17)18)5-2-6-13)8-21-10-4-1-3-9(7-10)15(19)20/h1,3-4,7H,2,5-6,8H2,(H,14,16)(H,17,18). The van der Waals surface area contributed by atoms with Crippen molar-refractivity contribution in [1.29, 1.82) is 0 Å². The molecule has 1 aliphatic rings. The first-order valence-corrected chi connectivity index (χ1v) is 6.35. The Hall–Kier alpha value is -2.64. The minimum Gasteiger partial charge on any atom is -0.484 e. The molecule has 0 aromatic heterocycles. The fraction of sp³-hybridized carbons (Fsp3) is 0.385. The lowest BCUT2D eigenvalue weighted by atomic mass is 9.77. The lowest BCUT2D eigenvalue weighted by Crippen LogP contribution is -2.59. The Morgan fingerprint density at radius 1 is 1.43 bits per heavy atom. The van der Waals surface area contributed by atoms with Gasteiger partial charge in [0.15, 0.2) is 6.61 Å². The molecular weight excluding hydrogens is 280 g/mol. The fourth-order valence-electron chi connectivity index (χ4n) is 2.06. The number of carboxylic acid groups (broad SMARTS) is 1. The predicted octanol–water partition coefficient (Wildman–Crippen LogP) is 1.10. The monoisotopic (exact) mass is 294 g/mol. The molecule has 0 spiro atoms. The third kappa shape index (κ3) is 3.28. The van der Waals surface area contributed by atoms with Crippen LogP contribution in [0.2, 0.25) is 0 Å². The molecule has 1 amide bonds. The lowest BCUT2D eigenvalue weighted by Gasteiger charge is -2.38. The van der Waals surface area contributed by atoms with Crippen LogP contribution in [0.25, 0.3) is 0 Å². The first kappa shape index (κ1) is 14.8. The van der Waals surface area contributed by atoms with Gasteiger partial charge in [-0.25, -0.2) is 4.79 Å². The van der Waals surface area contributed by atoms with Crippen molar-refractivity contribution in [2.45, 2.75) is 24.8 Å². The van der Waals surface area contributed by atoms with Crippen molar-refractivity contribution in [2.24, 2.45) is 0 Å². The maximum absolute atomic E-state index is 11.7. The highest BCUT2D eigenvalue weighted by atomic mass is 16.6. The molecule has 1 aromatic carbocycles. The second kappa shape index (κ2) is 5.78. The molecule has 1 aromatic rings. The van der Waals surface area contributed by atoms with E-state index in [1.165, 1.54) is 24.3 Å². The molecule has 0 heterocycles. The maximum Gasteiger partial charge on any atom is 0.329 e. The van der Waals surface area contributed by atoms with E-state index in [9.17, 15) is 19.7 Å². The molecule has 8 heteroatoms. The van der Waals surface area contributed by atoms with Crippen LogP contribution in [0.5, 0.6) is 5.75 Å². The molecule has 1 aliphatic carbocycles. The number of hydrogen-bond donors (Lipinski definition) is 2. The zero-order valence-corrected chi connectivity index (χ0v) is 11.1. The van der Waals surface area contributed by atoms with Gasteiger partial charge in [-0.3, -0.25) is 14.9 Å². The molecule has 0 aliphatic heterocycles. The minimum absolute atomic E-state index is 0.145. The van der Waals surface area contributed by atoms with E-state index in [0.717, 1.165) is 6.42 Å². The molecule has 2 rings (SSSR count). The molecule has 112 valence electrons. The zero-order chi connectivity index (χ0) is 15.5. The van der Waals surface area contributed by atoms with Crippen LogP contribution in [0.3, 0.4) is 0 Å². The number of nitrogens with zero attached hydrogens (tertiary/aromatic N) is 1. The summed E-state index contributed by atoms with van der Waals surface area (Å²) in [5.41, 5.74) is -1.34. The van der Waals surface area contributed by atoms with Crippen molar-refractivity contribution in [3.05, 3.63) is 34.4 Å². The Morgan fingerprint density at radius 3 is 2.67 bits per heavy atom. The van der Waals surface area contributed by atoms with Crippen LogP contribution in [0, 0.1) is 10.1 Å². The molecule has 0 atom stereocenters. The van der Waals surface area contributed by atoms with Crippen LogP contribution in [0.1, 0.15) is 19.3 Å². The molecular formula is C13H14N2O6. The molecule has 8 nitrogen and oxygen atoms in total. The average Bonchev–Trinajstić information content (AvgIpc) is 2.40. The lowest BCUT2D eigenvalue weighted by molar-refractivity contribution is -0.384. The number of hydrogen-bond acceptors (Lipinski definition) is 5. The van der Waals surface area contributed by atoms with Crippen molar-refractivity contribution in [1.82, 2.24) is 5.32 Å². The third-order valence-corrected chi connectivity index (χ3v) is 3.39. The topological polar surface area (TPSA) is 119 Å². The average molecular weight is 294 g/mol. The summed E-state index contributed by atoms with van der Waals surface area (Å²) < 4.78 is 5.14. The molecule has 0 saturated heterocycles. The number of nitro groups is 1. The van der Waals surface area contributed by atoms with E-state index in [4.69, 9.17) is 9.84 Å². The number of nitro benzene ring substituents is 1. The van der Waals surface area contributed by atoms with Crippen LogP contribution >= 0.6 is 0 Å². The van der Waals surface area contributed by atoms with Gasteiger partial charge in [0.2, 0.25) is 0 Å². The van der Waals surface area contributed by atoms with E-state index in [-0.39, 0.29) is 11.4 Å². The number of carboxylic acids is 1. The van der Waals surface area contributed by atoms with E-state index < -0.39 is 28.9 Å². The highest BCUT2D eigenvalue weighted by Gasteiger charge is 2.45. The Bertz CT molecular complexity index is 582. The minimum atomic E-state index is -1.19. The molecule has 2 N–H and O–H groups in total. The van der Waals surface area contributed by atoms with Gasteiger partial charge < -0.3 is 15.2 Å². The Balaban J connectivity index is 1.91. The van der Waals surface area contributed by atoms with Crippen LogP contribution < -0.4 is 10.1 Å². The molecule has 0 radical (unpaired) electrons. The summed E-state index contributed by atoms with van der Waals surface area (Å²) in [6.07, 6.45) is 1.54. The van der Waals surface area contributed by atoms with Crippen LogP contribution in [-0.4, -0.2) is 34.1 Å². The molecule has 1 saturated carbocycles. The number of benzene rings is 1. The summed E-state index contributed by atoms with van der Waals surface area (Å²) in [5.74, 6) is -1.45. The van der Waals surface area contributed by atoms with Gasteiger partial charge in [-0.2, -0.15) is 0 Å². The van der Waals surface area contributed by atoms with E-state index in [1.807, 2.05) is 0 Å². The number of carbonyl (C=O) groups excluding carboxylic acids is 1. The van der Waals surface area contributed by atoms with E-state index in [0.29, 0.717) is 12.8 Å². The quantitative estimate of drug-likeness (QED) is 0.599. The van der Waals surface area contributed by atoms with E-state index in [1.54, 1.807) is 0 Å². The van der Waals surface area contributed by atoms with E-state index in [2.05, 4.69) is 5.32 Å². The van der Waals surface area contributed by atoms with E-state index >= 15 is 0 Å². The first-order chi connectivity index (χ1) is 9.93. The van der Waals surface area contributed by atoms with Crippen LogP contribution in [-0.2, 0) is 9.59 Å². The number of nitrogens with one attached hydrogen (secondary N) is 1. The smallest absolute Gasteiger partial charge is 0.329 e. The Morgan fingerprint density at radius 2 is 2.14 bits per heavy atom. The van der Waals surface area contributed by atoms with Gasteiger partial charge in [0.25, 0.3) is 11.6 Å². The molecule has 0 unspecified atom stereocenters. The summed E-state index contributed by atoms with van der Waals surface area (Å²) in [6.45, 7) is -0.393. The third-order valence-electron chi connectivity index (χ3n) is 3.39. The van der Waals surface area contributed by atoms with Crippen molar-refractivity contribution in [3.8, 4) is 5.75 Å². The second-order valence-corrected chi connectivity index (χ2v) is 4.83. The van der Waals surface area contributed by atoms with Crippen molar-refractivity contribution >= 4 is 17.6 Å². The highest BCUT2D eigenvalue weighted by Crippen LogP contribution is 2.31.